The molecule has 0 fully saturated rings. The lowest BCUT2D eigenvalue weighted by atomic mass is 10.1. The van der Waals surface area contributed by atoms with Crippen molar-refractivity contribution in [3.05, 3.63) is 59.4 Å². The first kappa shape index (κ1) is 17.5. The van der Waals surface area contributed by atoms with Gasteiger partial charge in [0.2, 0.25) is 0 Å². The number of aryl methyl sites for hydroxylation is 3. The molecule has 2 aromatic carbocycles. The van der Waals surface area contributed by atoms with Crippen molar-refractivity contribution in [2.75, 3.05) is 6.61 Å². The van der Waals surface area contributed by atoms with Crippen LogP contribution in [0.15, 0.2) is 42.5 Å². The maximum Gasteiger partial charge on any atom is 0.122 e. The molecule has 1 aromatic heterocycles. The van der Waals surface area contributed by atoms with Crippen molar-refractivity contribution >= 4 is 11.0 Å². The monoisotopic (exact) mass is 336 g/mol. The Morgan fingerprint density at radius 2 is 1.84 bits per heavy atom. The fourth-order valence-electron chi connectivity index (χ4n) is 3.19. The zero-order valence-corrected chi connectivity index (χ0v) is 15.7. The third-order valence-electron chi connectivity index (χ3n) is 4.58. The zero-order chi connectivity index (χ0) is 17.8. The summed E-state index contributed by atoms with van der Waals surface area (Å²) in [4.78, 5) is 4.81. The van der Waals surface area contributed by atoms with Crippen LogP contribution in [-0.2, 0) is 6.54 Å². The van der Waals surface area contributed by atoms with Crippen LogP contribution in [0.2, 0.25) is 0 Å². The lowest BCUT2D eigenvalue weighted by Crippen LogP contribution is -2.07. The molecule has 0 aliphatic carbocycles. The molecule has 0 spiro atoms. The number of para-hydroxylation sites is 2. The van der Waals surface area contributed by atoms with Crippen LogP contribution in [0, 0.1) is 13.8 Å². The minimum Gasteiger partial charge on any atom is -0.493 e. The number of fused-ring (bicyclic) bond motifs is 1. The summed E-state index contributed by atoms with van der Waals surface area (Å²) in [6.07, 6.45) is 2.13. The van der Waals surface area contributed by atoms with Crippen molar-refractivity contribution in [2.24, 2.45) is 0 Å². The number of hydrogen-bond acceptors (Lipinski definition) is 2. The highest BCUT2D eigenvalue weighted by Gasteiger charge is 2.12. The van der Waals surface area contributed by atoms with E-state index in [2.05, 4.69) is 74.7 Å². The predicted molar refractivity (Wildman–Crippen MR) is 104 cm³/mol. The quantitative estimate of drug-likeness (QED) is 0.522. The number of rotatable bonds is 7. The van der Waals surface area contributed by atoms with Gasteiger partial charge in [0.1, 0.15) is 11.6 Å². The lowest BCUT2D eigenvalue weighted by Gasteiger charge is -2.13. The summed E-state index contributed by atoms with van der Waals surface area (Å²) in [7, 11) is 0. The zero-order valence-electron chi connectivity index (χ0n) is 15.7. The summed E-state index contributed by atoms with van der Waals surface area (Å²) in [6.45, 7) is 10.4. The Hall–Kier alpha value is -2.29. The van der Waals surface area contributed by atoms with Crippen LogP contribution in [0.4, 0.5) is 0 Å². The van der Waals surface area contributed by atoms with Gasteiger partial charge in [0.15, 0.2) is 0 Å². The second-order valence-electron chi connectivity index (χ2n) is 7.09. The Bertz CT molecular complexity index is 848. The molecule has 3 rings (SSSR count). The van der Waals surface area contributed by atoms with Crippen molar-refractivity contribution in [3.63, 3.8) is 0 Å². The molecule has 0 aliphatic heterocycles. The molecule has 0 N–H and O–H groups in total. The topological polar surface area (TPSA) is 27.1 Å². The molecule has 0 saturated heterocycles. The van der Waals surface area contributed by atoms with E-state index in [0.717, 1.165) is 37.3 Å². The molecule has 0 amide bonds. The minimum atomic E-state index is 0.429. The van der Waals surface area contributed by atoms with Crippen molar-refractivity contribution in [1.82, 2.24) is 9.55 Å². The van der Waals surface area contributed by atoms with Crippen LogP contribution in [0.1, 0.15) is 49.6 Å². The summed E-state index contributed by atoms with van der Waals surface area (Å²) < 4.78 is 8.35. The average molecular weight is 336 g/mol. The van der Waals surface area contributed by atoms with Crippen LogP contribution in [-0.4, -0.2) is 16.2 Å². The molecule has 1 heterocycles. The van der Waals surface area contributed by atoms with Gasteiger partial charge in [-0.15, -0.1) is 0 Å². The van der Waals surface area contributed by atoms with Gasteiger partial charge in [-0.05, 0) is 56.0 Å². The van der Waals surface area contributed by atoms with E-state index < -0.39 is 0 Å². The van der Waals surface area contributed by atoms with E-state index in [1.54, 1.807) is 0 Å². The fourth-order valence-corrected chi connectivity index (χ4v) is 3.19. The molecule has 0 unspecified atom stereocenters. The highest BCUT2D eigenvalue weighted by Crippen LogP contribution is 2.23. The number of unbranched alkanes of at least 4 members (excludes halogenated alkanes) is 1. The van der Waals surface area contributed by atoms with Crippen LogP contribution >= 0.6 is 0 Å². The molecule has 3 nitrogen and oxygen atoms in total. The number of nitrogens with zero attached hydrogens (tertiary/aromatic N) is 2. The maximum atomic E-state index is 5.98. The standard InChI is InChI=1S/C22H28N2O/c1-16(2)22-23-19-9-5-6-10-20(19)24(22)13-7-8-14-25-21-15-17(3)11-12-18(21)4/h5-6,9-12,15-16H,7-8,13-14H2,1-4H3. The SMILES string of the molecule is Cc1ccc(C)c(OCCCCn2c(C(C)C)nc3ccccc32)c1. The van der Waals surface area contributed by atoms with Crippen LogP contribution in [0.3, 0.4) is 0 Å². The number of imidazole rings is 1. The first-order valence-electron chi connectivity index (χ1n) is 9.21. The summed E-state index contributed by atoms with van der Waals surface area (Å²) in [5.74, 6) is 2.62. The molecular formula is C22H28N2O. The van der Waals surface area contributed by atoms with E-state index in [1.807, 2.05) is 0 Å². The average Bonchev–Trinajstić information content (AvgIpc) is 2.97. The Labute approximate surface area is 150 Å². The maximum absolute atomic E-state index is 5.98. The molecule has 3 heteroatoms. The highest BCUT2D eigenvalue weighted by atomic mass is 16.5. The number of ether oxygens (including phenoxy) is 1. The smallest absolute Gasteiger partial charge is 0.122 e. The summed E-state index contributed by atoms with van der Waals surface area (Å²) >= 11 is 0. The number of aromatic nitrogens is 2. The second-order valence-corrected chi connectivity index (χ2v) is 7.09. The predicted octanol–water partition coefficient (Wildman–Crippen LogP) is 5.64. The van der Waals surface area contributed by atoms with Gasteiger partial charge < -0.3 is 9.30 Å². The van der Waals surface area contributed by atoms with Gasteiger partial charge in [-0.2, -0.15) is 0 Å². The van der Waals surface area contributed by atoms with Crippen molar-refractivity contribution in [1.29, 1.82) is 0 Å². The minimum absolute atomic E-state index is 0.429. The van der Waals surface area contributed by atoms with Gasteiger partial charge in [0, 0.05) is 12.5 Å². The van der Waals surface area contributed by atoms with Crippen LogP contribution < -0.4 is 4.74 Å². The van der Waals surface area contributed by atoms with Crippen LogP contribution in [0.5, 0.6) is 5.75 Å². The van der Waals surface area contributed by atoms with Crippen molar-refractivity contribution in [3.8, 4) is 5.75 Å². The molecule has 0 saturated carbocycles. The Kier molecular flexibility index (Phi) is 5.42. The van der Waals surface area contributed by atoms with Gasteiger partial charge >= 0.3 is 0 Å². The van der Waals surface area contributed by atoms with E-state index >= 15 is 0 Å². The van der Waals surface area contributed by atoms with Crippen molar-refractivity contribution < 1.29 is 4.74 Å². The first-order chi connectivity index (χ1) is 12.1. The molecule has 132 valence electrons. The molecular weight excluding hydrogens is 308 g/mol. The molecule has 0 atom stereocenters. The lowest BCUT2D eigenvalue weighted by molar-refractivity contribution is 0.301. The summed E-state index contributed by atoms with van der Waals surface area (Å²) in [6, 6.07) is 14.8. The fraction of sp³-hybridized carbons (Fsp3) is 0.409. The normalized spacial score (nSPS) is 11.4. The Morgan fingerprint density at radius 1 is 1.04 bits per heavy atom. The van der Waals surface area contributed by atoms with Crippen LogP contribution in [0.25, 0.3) is 11.0 Å². The first-order valence-corrected chi connectivity index (χ1v) is 9.21. The number of hydrogen-bond donors (Lipinski definition) is 0. The Morgan fingerprint density at radius 3 is 2.64 bits per heavy atom. The largest absolute Gasteiger partial charge is 0.493 e. The molecule has 0 bridgehead atoms. The van der Waals surface area contributed by atoms with Gasteiger partial charge in [-0.25, -0.2) is 4.98 Å². The van der Waals surface area contributed by atoms with E-state index in [9.17, 15) is 0 Å². The van der Waals surface area contributed by atoms with E-state index in [1.165, 1.54) is 22.5 Å². The van der Waals surface area contributed by atoms with Gasteiger partial charge in [0.05, 0.1) is 17.6 Å². The third kappa shape index (κ3) is 4.04. The summed E-state index contributed by atoms with van der Waals surface area (Å²) in [5.41, 5.74) is 4.78. The molecule has 25 heavy (non-hydrogen) atoms. The van der Waals surface area contributed by atoms with Gasteiger partial charge in [-0.1, -0.05) is 38.1 Å². The summed E-state index contributed by atoms with van der Waals surface area (Å²) in [5, 5.41) is 0. The van der Waals surface area contributed by atoms with Crippen molar-refractivity contribution in [2.45, 2.75) is 53.0 Å². The number of benzene rings is 2. The van der Waals surface area contributed by atoms with E-state index in [-0.39, 0.29) is 0 Å². The molecule has 0 aliphatic rings. The molecule has 0 radical (unpaired) electrons. The second kappa shape index (κ2) is 7.73. The molecule has 3 aromatic rings. The third-order valence-corrected chi connectivity index (χ3v) is 4.58. The highest BCUT2D eigenvalue weighted by molar-refractivity contribution is 5.76. The van der Waals surface area contributed by atoms with Gasteiger partial charge in [0.25, 0.3) is 0 Å². The van der Waals surface area contributed by atoms with E-state index in [4.69, 9.17) is 9.72 Å². The van der Waals surface area contributed by atoms with Gasteiger partial charge in [-0.3, -0.25) is 0 Å². The van der Waals surface area contributed by atoms with E-state index in [0.29, 0.717) is 5.92 Å². The Balaban J connectivity index is 1.60.